The topological polar surface area (TPSA) is 51.8 Å². The molecule has 4 unspecified atom stereocenters. The molecular weight excluding hydrogens is 779 g/mol. The zero-order valence-corrected chi connectivity index (χ0v) is 35.7. The fourth-order valence-electron chi connectivity index (χ4n) is 11.6. The third-order valence-corrected chi connectivity index (χ3v) is 14.5. The highest BCUT2D eigenvalue weighted by molar-refractivity contribution is 6.05. The van der Waals surface area contributed by atoms with Crippen LogP contribution >= 0.6 is 0 Å². The van der Waals surface area contributed by atoms with Crippen LogP contribution in [0, 0.1) is 11.8 Å². The van der Waals surface area contributed by atoms with E-state index in [1.54, 1.807) is 0 Å². The molecule has 4 heteroatoms. The van der Waals surface area contributed by atoms with Crippen LogP contribution < -0.4 is 0 Å². The molecule has 13 rings (SSSR count). The number of fused-ring (bicyclic) bond motifs is 14. The smallest absolute Gasteiger partial charge is 0.164 e. The number of aromatic nitrogens is 3. The number of furan rings is 1. The molecule has 1 spiro atoms. The van der Waals surface area contributed by atoms with E-state index in [2.05, 4.69) is 196 Å². The maximum Gasteiger partial charge on any atom is 0.164 e. The number of para-hydroxylation sites is 1. The van der Waals surface area contributed by atoms with Crippen LogP contribution in [-0.4, -0.2) is 15.0 Å². The maximum atomic E-state index is 6.39. The number of hydrogen-bond acceptors (Lipinski definition) is 4. The Balaban J connectivity index is 1.05. The second-order valence-electron chi connectivity index (χ2n) is 18.2. The van der Waals surface area contributed by atoms with E-state index in [0.717, 1.165) is 50.6 Å². The van der Waals surface area contributed by atoms with Crippen molar-refractivity contribution in [2.75, 3.05) is 0 Å². The van der Waals surface area contributed by atoms with Gasteiger partial charge in [0.1, 0.15) is 11.2 Å². The monoisotopic (exact) mass is 821 g/mol. The molecule has 0 saturated carbocycles. The Labute approximate surface area is 372 Å². The second kappa shape index (κ2) is 13.9. The van der Waals surface area contributed by atoms with E-state index in [1.165, 1.54) is 50.1 Å². The molecule has 2 heterocycles. The van der Waals surface area contributed by atoms with Crippen LogP contribution in [0.3, 0.4) is 0 Å². The molecule has 4 nitrogen and oxygen atoms in total. The predicted octanol–water partition coefficient (Wildman–Crippen LogP) is 14.8. The Hall–Kier alpha value is -7.69. The van der Waals surface area contributed by atoms with Crippen molar-refractivity contribution in [2.45, 2.75) is 31.1 Å². The van der Waals surface area contributed by atoms with Crippen LogP contribution in [0.4, 0.5) is 0 Å². The second-order valence-corrected chi connectivity index (χ2v) is 18.2. The Kier molecular flexibility index (Phi) is 8.02. The van der Waals surface area contributed by atoms with Crippen molar-refractivity contribution >= 4 is 27.5 Å². The molecule has 0 amide bonds. The fourth-order valence-corrected chi connectivity index (χ4v) is 11.6. The summed E-state index contributed by atoms with van der Waals surface area (Å²) in [5.41, 5.74) is 16.7. The maximum absolute atomic E-state index is 6.39. The van der Waals surface area contributed by atoms with Crippen LogP contribution in [0.25, 0.3) is 83.9 Å². The average Bonchev–Trinajstić information content (AvgIpc) is 3.84. The van der Waals surface area contributed by atoms with Gasteiger partial charge in [0.25, 0.3) is 0 Å². The Morgan fingerprint density at radius 2 is 1.11 bits per heavy atom. The number of hydrogen-bond donors (Lipinski definition) is 0. The normalized spacial score (nSPS) is 21.4. The summed E-state index contributed by atoms with van der Waals surface area (Å²) in [7, 11) is 0. The minimum atomic E-state index is -0.499. The van der Waals surface area contributed by atoms with E-state index in [0.29, 0.717) is 23.4 Å². The van der Waals surface area contributed by atoms with Crippen LogP contribution in [0.15, 0.2) is 210 Å². The molecule has 0 fully saturated rings. The summed E-state index contributed by atoms with van der Waals surface area (Å²) in [6.07, 6.45) is 15.3. The molecule has 0 bridgehead atoms. The van der Waals surface area contributed by atoms with Gasteiger partial charge in [0.15, 0.2) is 17.5 Å². The lowest BCUT2D eigenvalue weighted by molar-refractivity contribution is 0.326. The highest BCUT2D eigenvalue weighted by atomic mass is 16.3. The number of benzene rings is 7. The third kappa shape index (κ3) is 5.32. The van der Waals surface area contributed by atoms with Crippen molar-refractivity contribution in [1.29, 1.82) is 0 Å². The van der Waals surface area contributed by atoms with Gasteiger partial charge < -0.3 is 4.42 Å². The molecule has 0 saturated heterocycles. The molecule has 64 heavy (non-hydrogen) atoms. The summed E-state index contributed by atoms with van der Waals surface area (Å²) in [6, 6.07) is 58.8. The molecule has 4 aliphatic rings. The summed E-state index contributed by atoms with van der Waals surface area (Å²) >= 11 is 0. The third-order valence-electron chi connectivity index (χ3n) is 14.5. The number of rotatable bonds is 4. The first-order valence-electron chi connectivity index (χ1n) is 22.4. The van der Waals surface area contributed by atoms with E-state index in [9.17, 15) is 0 Å². The molecule has 7 aromatic carbocycles. The lowest BCUT2D eigenvalue weighted by Crippen LogP contribution is -2.46. The van der Waals surface area contributed by atoms with Gasteiger partial charge in [-0.3, -0.25) is 0 Å². The van der Waals surface area contributed by atoms with Gasteiger partial charge in [-0.25, -0.2) is 15.0 Å². The first-order valence-corrected chi connectivity index (χ1v) is 22.4. The van der Waals surface area contributed by atoms with Gasteiger partial charge >= 0.3 is 0 Å². The first kappa shape index (κ1) is 36.9. The molecule has 0 N–H and O–H groups in total. The van der Waals surface area contributed by atoms with Crippen LogP contribution in [0.5, 0.6) is 0 Å². The van der Waals surface area contributed by atoms with Crippen LogP contribution in [-0.2, 0) is 10.8 Å². The summed E-state index contributed by atoms with van der Waals surface area (Å²) < 4.78 is 6.39. The molecular formula is C60H43N3O. The molecule has 0 radical (unpaired) electrons. The van der Waals surface area contributed by atoms with E-state index in [1.807, 2.05) is 18.2 Å². The fraction of sp³-hybridized carbons (Fsp3) is 0.117. The van der Waals surface area contributed by atoms with Gasteiger partial charge in [-0.1, -0.05) is 190 Å². The van der Waals surface area contributed by atoms with Crippen LogP contribution in [0.1, 0.15) is 42.5 Å². The van der Waals surface area contributed by atoms with Crippen molar-refractivity contribution < 1.29 is 4.42 Å². The van der Waals surface area contributed by atoms with Gasteiger partial charge in [-0.2, -0.15) is 0 Å². The van der Waals surface area contributed by atoms with E-state index in [-0.39, 0.29) is 11.3 Å². The summed E-state index contributed by atoms with van der Waals surface area (Å²) in [5.74, 6) is 2.37. The Morgan fingerprint density at radius 3 is 1.92 bits per heavy atom. The van der Waals surface area contributed by atoms with Crippen molar-refractivity contribution in [2.24, 2.45) is 11.8 Å². The molecule has 304 valence electrons. The van der Waals surface area contributed by atoms with Gasteiger partial charge in [0.05, 0.1) is 5.41 Å². The summed E-state index contributed by atoms with van der Waals surface area (Å²) in [5, 5.41) is 2.16. The standard InChI is InChI=1S/C60H43N3O/c1-37-23-32-51-48(34-37)45-30-28-41(35-52(45)60(51)50-20-10-7-17-44(50)43-16-6-9-19-49(43)59(2)33-13-12-22-55(59)60)57-61-56(40-26-24-39(25-27-40)38-14-4-3-5-15-38)62-58(63-57)42-29-31-47-46-18-8-11-21-53(46)64-54(47)36-42/h3-33,35-37,55H,34H2,1-2H3. The number of nitrogens with zero attached hydrogens (tertiary/aromatic N) is 3. The highest BCUT2D eigenvalue weighted by Gasteiger charge is 2.58. The molecule has 4 atom stereocenters. The summed E-state index contributed by atoms with van der Waals surface area (Å²) in [4.78, 5) is 15.9. The molecule has 2 aromatic heterocycles. The van der Waals surface area contributed by atoms with Gasteiger partial charge in [0.2, 0.25) is 0 Å². The minimum absolute atomic E-state index is 0.0810. The van der Waals surface area contributed by atoms with E-state index in [4.69, 9.17) is 19.4 Å². The zero-order chi connectivity index (χ0) is 42.6. The van der Waals surface area contributed by atoms with Crippen molar-refractivity contribution in [3.8, 4) is 56.4 Å². The quantitative estimate of drug-likeness (QED) is 0.177. The molecule has 0 aliphatic heterocycles. The zero-order valence-electron chi connectivity index (χ0n) is 35.7. The predicted molar refractivity (Wildman–Crippen MR) is 260 cm³/mol. The van der Waals surface area contributed by atoms with Gasteiger partial charge in [-0.15, -0.1) is 0 Å². The summed E-state index contributed by atoms with van der Waals surface area (Å²) in [6.45, 7) is 4.79. The highest BCUT2D eigenvalue weighted by Crippen LogP contribution is 2.66. The SMILES string of the molecule is CC1C=CC2=C(C1)c1ccc(-c3nc(-c4ccc(-c5ccccc5)cc4)nc(-c4ccc5c(c4)oc4ccccc45)n3)cc1C21c2ccccc2-c2ccccc2C2(C)C=CC=CC21. The van der Waals surface area contributed by atoms with Crippen LogP contribution in [0.2, 0.25) is 0 Å². The number of allylic oxidation sites excluding steroid dienone is 8. The van der Waals surface area contributed by atoms with E-state index >= 15 is 0 Å². The molecule has 4 aliphatic carbocycles. The average molecular weight is 822 g/mol. The van der Waals surface area contributed by atoms with Gasteiger partial charge in [0, 0.05) is 38.8 Å². The van der Waals surface area contributed by atoms with E-state index < -0.39 is 5.41 Å². The first-order chi connectivity index (χ1) is 31.5. The van der Waals surface area contributed by atoms with Crippen molar-refractivity contribution in [3.05, 3.63) is 228 Å². The Morgan fingerprint density at radius 1 is 0.500 bits per heavy atom. The van der Waals surface area contributed by atoms with Crippen molar-refractivity contribution in [3.63, 3.8) is 0 Å². The minimum Gasteiger partial charge on any atom is -0.456 e. The Bertz CT molecular complexity index is 3520. The molecule has 9 aromatic rings. The van der Waals surface area contributed by atoms with Gasteiger partial charge in [-0.05, 0) is 92.3 Å². The lowest BCUT2D eigenvalue weighted by Gasteiger charge is -2.48. The van der Waals surface area contributed by atoms with Crippen molar-refractivity contribution in [1.82, 2.24) is 15.0 Å². The lowest BCUT2D eigenvalue weighted by atomic mass is 9.53. The largest absolute Gasteiger partial charge is 0.456 e.